The van der Waals surface area contributed by atoms with Crippen molar-refractivity contribution >= 4 is 27.5 Å². The first kappa shape index (κ1) is 15.3. The van der Waals surface area contributed by atoms with Gasteiger partial charge in [-0.25, -0.2) is 0 Å². The highest BCUT2D eigenvalue weighted by molar-refractivity contribution is 9.10. The molecule has 6 heteroatoms. The van der Waals surface area contributed by atoms with Gasteiger partial charge in [0.1, 0.15) is 0 Å². The number of aliphatic hydroxyl groups is 1. The molecule has 0 saturated carbocycles. The number of aliphatic hydroxyl groups excluding tert-OH is 1. The number of anilines is 1. The third-order valence-electron chi connectivity index (χ3n) is 3.55. The Hall–Kier alpha value is -1.11. The number of benzene rings is 1. The zero-order chi connectivity index (χ0) is 14.5. The lowest BCUT2D eigenvalue weighted by Crippen LogP contribution is -2.36. The third-order valence-corrected chi connectivity index (χ3v) is 4.44. The van der Waals surface area contributed by atoms with Crippen molar-refractivity contribution in [2.75, 3.05) is 45.1 Å². The summed E-state index contributed by atoms with van der Waals surface area (Å²) in [4.78, 5) is 16.6. The van der Waals surface area contributed by atoms with Crippen LogP contribution < -0.4 is 5.73 Å². The number of amides is 1. The maximum atomic E-state index is 12.6. The van der Waals surface area contributed by atoms with Gasteiger partial charge in [0, 0.05) is 31.9 Å². The Balaban J connectivity index is 2.07. The van der Waals surface area contributed by atoms with Crippen molar-refractivity contribution in [2.45, 2.75) is 6.42 Å². The van der Waals surface area contributed by atoms with Crippen LogP contribution in [0.1, 0.15) is 16.8 Å². The molecule has 0 atom stereocenters. The summed E-state index contributed by atoms with van der Waals surface area (Å²) in [6.45, 7) is 3.97. The summed E-state index contributed by atoms with van der Waals surface area (Å²) >= 11 is 3.39. The van der Waals surface area contributed by atoms with E-state index < -0.39 is 0 Å². The molecule has 0 aromatic heterocycles. The number of carbonyl (C=O) groups excluding carboxylic acids is 1. The van der Waals surface area contributed by atoms with Crippen LogP contribution in [0.3, 0.4) is 0 Å². The standard InChI is InChI=1S/C14H20BrN3O2/c15-13-11(3-1-4-12(13)16)14(20)18-6-2-5-17(7-8-18)9-10-19/h1,3-4,19H,2,5-10,16H2. The monoisotopic (exact) mass is 341 g/mol. The van der Waals surface area contributed by atoms with Crippen LogP contribution in [0, 0.1) is 0 Å². The number of β-amino-alcohol motifs (C(OH)–C–C–N with tert-alkyl or cyclic N) is 1. The van der Waals surface area contributed by atoms with E-state index in [2.05, 4.69) is 20.8 Å². The van der Waals surface area contributed by atoms with Crippen LogP contribution in [0.25, 0.3) is 0 Å². The van der Waals surface area contributed by atoms with Gasteiger partial charge < -0.3 is 15.7 Å². The van der Waals surface area contributed by atoms with Gasteiger partial charge in [-0.1, -0.05) is 6.07 Å². The predicted molar refractivity (Wildman–Crippen MR) is 82.6 cm³/mol. The van der Waals surface area contributed by atoms with Gasteiger partial charge in [0.2, 0.25) is 0 Å². The summed E-state index contributed by atoms with van der Waals surface area (Å²) in [5, 5.41) is 8.99. The Morgan fingerprint density at radius 3 is 2.85 bits per heavy atom. The van der Waals surface area contributed by atoms with E-state index in [9.17, 15) is 4.79 Å². The van der Waals surface area contributed by atoms with Crippen LogP contribution in [0.15, 0.2) is 22.7 Å². The largest absolute Gasteiger partial charge is 0.398 e. The lowest BCUT2D eigenvalue weighted by atomic mass is 10.1. The summed E-state index contributed by atoms with van der Waals surface area (Å²) in [5.41, 5.74) is 7.01. The number of nitrogens with zero attached hydrogens (tertiary/aromatic N) is 2. The number of halogens is 1. The minimum absolute atomic E-state index is 0.00928. The first-order chi connectivity index (χ1) is 9.63. The Bertz CT molecular complexity index is 481. The van der Waals surface area contributed by atoms with Crippen molar-refractivity contribution in [3.63, 3.8) is 0 Å². The maximum Gasteiger partial charge on any atom is 0.255 e. The molecule has 1 saturated heterocycles. The van der Waals surface area contributed by atoms with Gasteiger partial charge in [-0.2, -0.15) is 0 Å². The highest BCUT2D eigenvalue weighted by Crippen LogP contribution is 2.25. The fraction of sp³-hybridized carbons (Fsp3) is 0.500. The molecule has 1 aromatic rings. The van der Waals surface area contributed by atoms with Gasteiger partial charge in [-0.3, -0.25) is 9.69 Å². The average molecular weight is 342 g/mol. The molecule has 0 unspecified atom stereocenters. The highest BCUT2D eigenvalue weighted by atomic mass is 79.9. The molecule has 1 aliphatic rings. The molecule has 1 heterocycles. The normalized spacial score (nSPS) is 17.0. The predicted octanol–water partition coefficient (Wildman–Crippen LogP) is 1.17. The molecule has 0 bridgehead atoms. The molecule has 1 fully saturated rings. The molecule has 5 nitrogen and oxygen atoms in total. The molecule has 3 N–H and O–H groups in total. The number of nitrogens with two attached hydrogens (primary N) is 1. The zero-order valence-corrected chi connectivity index (χ0v) is 13.0. The van der Waals surface area contributed by atoms with Crippen LogP contribution in [0.2, 0.25) is 0 Å². The van der Waals surface area contributed by atoms with Crippen molar-refractivity contribution < 1.29 is 9.90 Å². The van der Waals surface area contributed by atoms with Crippen LogP contribution in [0.4, 0.5) is 5.69 Å². The minimum Gasteiger partial charge on any atom is -0.398 e. The van der Waals surface area contributed by atoms with Crippen LogP contribution >= 0.6 is 15.9 Å². The maximum absolute atomic E-state index is 12.6. The third kappa shape index (κ3) is 3.50. The zero-order valence-electron chi connectivity index (χ0n) is 11.4. The molecule has 1 aromatic carbocycles. The molecule has 110 valence electrons. The number of hydrogen-bond acceptors (Lipinski definition) is 4. The molecular weight excluding hydrogens is 322 g/mol. The number of hydrogen-bond donors (Lipinski definition) is 2. The Kier molecular flexibility index (Phi) is 5.39. The van der Waals surface area contributed by atoms with E-state index in [1.165, 1.54) is 0 Å². The van der Waals surface area contributed by atoms with Gasteiger partial charge in [0.15, 0.2) is 0 Å². The SMILES string of the molecule is Nc1cccc(C(=O)N2CCCN(CCO)CC2)c1Br. The molecule has 2 rings (SSSR count). The minimum atomic E-state index is 0.00928. The van der Waals surface area contributed by atoms with E-state index in [0.29, 0.717) is 28.8 Å². The molecule has 1 aliphatic heterocycles. The topological polar surface area (TPSA) is 69.8 Å². The van der Waals surface area contributed by atoms with E-state index >= 15 is 0 Å². The van der Waals surface area contributed by atoms with E-state index in [0.717, 1.165) is 26.1 Å². The van der Waals surface area contributed by atoms with Crippen molar-refractivity contribution in [3.05, 3.63) is 28.2 Å². The number of nitrogen functional groups attached to an aromatic ring is 1. The van der Waals surface area contributed by atoms with Crippen LogP contribution in [-0.4, -0.2) is 60.1 Å². The molecule has 0 aliphatic carbocycles. The summed E-state index contributed by atoms with van der Waals surface area (Å²) in [6, 6.07) is 5.36. The Morgan fingerprint density at radius 2 is 2.10 bits per heavy atom. The molecule has 1 amide bonds. The van der Waals surface area contributed by atoms with Gasteiger partial charge in [-0.05, 0) is 41.0 Å². The van der Waals surface area contributed by atoms with E-state index in [4.69, 9.17) is 10.8 Å². The average Bonchev–Trinajstić information content (AvgIpc) is 2.67. The van der Waals surface area contributed by atoms with Crippen molar-refractivity contribution in [3.8, 4) is 0 Å². The molecule has 20 heavy (non-hydrogen) atoms. The quantitative estimate of drug-likeness (QED) is 0.809. The second-order valence-corrected chi connectivity index (χ2v) is 5.71. The second kappa shape index (κ2) is 7.06. The second-order valence-electron chi connectivity index (χ2n) is 4.92. The van der Waals surface area contributed by atoms with E-state index in [1.807, 2.05) is 4.90 Å². The molecular formula is C14H20BrN3O2. The van der Waals surface area contributed by atoms with Gasteiger partial charge in [0.25, 0.3) is 5.91 Å². The fourth-order valence-electron chi connectivity index (χ4n) is 2.42. The van der Waals surface area contributed by atoms with Gasteiger partial charge in [-0.15, -0.1) is 0 Å². The first-order valence-electron chi connectivity index (χ1n) is 6.80. The summed E-state index contributed by atoms with van der Waals surface area (Å²) in [5.74, 6) is 0.00928. The summed E-state index contributed by atoms with van der Waals surface area (Å²) < 4.78 is 0.668. The first-order valence-corrected chi connectivity index (χ1v) is 7.59. The van der Waals surface area contributed by atoms with Gasteiger partial charge in [0.05, 0.1) is 16.6 Å². The van der Waals surface area contributed by atoms with Crippen molar-refractivity contribution in [1.29, 1.82) is 0 Å². The van der Waals surface area contributed by atoms with E-state index in [-0.39, 0.29) is 12.5 Å². The highest BCUT2D eigenvalue weighted by Gasteiger charge is 2.22. The van der Waals surface area contributed by atoms with Crippen molar-refractivity contribution in [1.82, 2.24) is 9.80 Å². The lowest BCUT2D eigenvalue weighted by molar-refractivity contribution is 0.0759. The molecule has 0 spiro atoms. The Morgan fingerprint density at radius 1 is 1.30 bits per heavy atom. The van der Waals surface area contributed by atoms with Crippen LogP contribution in [-0.2, 0) is 0 Å². The van der Waals surface area contributed by atoms with Crippen molar-refractivity contribution in [2.24, 2.45) is 0 Å². The smallest absolute Gasteiger partial charge is 0.255 e. The summed E-state index contributed by atoms with van der Waals surface area (Å²) in [7, 11) is 0. The number of rotatable bonds is 3. The summed E-state index contributed by atoms with van der Waals surface area (Å²) in [6.07, 6.45) is 0.922. The Labute approximate surface area is 127 Å². The van der Waals surface area contributed by atoms with Crippen LogP contribution in [0.5, 0.6) is 0 Å². The van der Waals surface area contributed by atoms with E-state index in [1.54, 1.807) is 18.2 Å². The fourth-order valence-corrected chi connectivity index (χ4v) is 2.86. The molecule has 0 radical (unpaired) electrons. The lowest BCUT2D eigenvalue weighted by Gasteiger charge is -2.22. The number of carbonyl (C=O) groups is 1. The van der Waals surface area contributed by atoms with Gasteiger partial charge >= 0.3 is 0 Å².